The number of pyridine rings is 1. The van der Waals surface area contributed by atoms with Crippen molar-refractivity contribution < 1.29 is 4.79 Å². The van der Waals surface area contributed by atoms with Crippen LogP contribution in [0.2, 0.25) is 0 Å². The van der Waals surface area contributed by atoms with Gasteiger partial charge in [-0.05, 0) is 50.2 Å². The highest BCUT2D eigenvalue weighted by atomic mass is 16.2. The van der Waals surface area contributed by atoms with E-state index in [1.807, 2.05) is 47.5 Å². The zero-order valence-electron chi connectivity index (χ0n) is 15.2. The molecule has 0 unspecified atom stereocenters. The number of piperidine rings is 1. The average molecular weight is 350 g/mol. The number of anilines is 3. The lowest BCUT2D eigenvalue weighted by atomic mass is 10.1. The molecule has 0 saturated carbocycles. The largest absolute Gasteiger partial charge is 0.323 e. The van der Waals surface area contributed by atoms with Crippen molar-refractivity contribution in [3.63, 3.8) is 0 Å². The summed E-state index contributed by atoms with van der Waals surface area (Å²) in [6.45, 7) is 4.62. The third kappa shape index (κ3) is 3.58. The second-order valence-electron chi connectivity index (χ2n) is 7.03. The minimum Gasteiger partial charge on any atom is -0.323 e. The predicted molar refractivity (Wildman–Crippen MR) is 105 cm³/mol. The van der Waals surface area contributed by atoms with Crippen molar-refractivity contribution in [3.05, 3.63) is 48.7 Å². The molecule has 4 rings (SSSR count). The Morgan fingerprint density at radius 2 is 1.65 bits per heavy atom. The van der Waals surface area contributed by atoms with Crippen LogP contribution < -0.4 is 9.80 Å². The van der Waals surface area contributed by atoms with E-state index in [4.69, 9.17) is 0 Å². The lowest BCUT2D eigenvalue weighted by molar-refractivity contribution is -0.119. The number of para-hydroxylation sites is 2. The van der Waals surface area contributed by atoms with E-state index in [0.717, 1.165) is 43.4 Å². The number of nitrogens with zero attached hydrogens (tertiary/aromatic N) is 4. The van der Waals surface area contributed by atoms with E-state index < -0.39 is 0 Å². The van der Waals surface area contributed by atoms with Gasteiger partial charge in [0.1, 0.15) is 5.82 Å². The van der Waals surface area contributed by atoms with Crippen LogP contribution in [0.25, 0.3) is 0 Å². The fraction of sp³-hybridized carbons (Fsp3) is 0.429. The second-order valence-corrected chi connectivity index (χ2v) is 7.03. The van der Waals surface area contributed by atoms with Crippen LogP contribution in [0.3, 0.4) is 0 Å². The van der Waals surface area contributed by atoms with Gasteiger partial charge >= 0.3 is 0 Å². The number of carbonyl (C=O) groups is 1. The van der Waals surface area contributed by atoms with Crippen molar-refractivity contribution in [1.29, 1.82) is 0 Å². The van der Waals surface area contributed by atoms with Gasteiger partial charge in [0.25, 0.3) is 0 Å². The summed E-state index contributed by atoms with van der Waals surface area (Å²) in [6.07, 6.45) is 6.26. The number of fused-ring (bicyclic) bond motifs is 1. The molecule has 26 heavy (non-hydrogen) atoms. The molecule has 5 nitrogen and oxygen atoms in total. The normalized spacial score (nSPS) is 17.8. The maximum atomic E-state index is 12.9. The number of hydrogen-bond acceptors (Lipinski definition) is 4. The molecule has 1 amide bonds. The zero-order chi connectivity index (χ0) is 17.8. The summed E-state index contributed by atoms with van der Waals surface area (Å²) in [5, 5.41) is 0. The van der Waals surface area contributed by atoms with Crippen LogP contribution in [0.1, 0.15) is 25.7 Å². The van der Waals surface area contributed by atoms with E-state index in [9.17, 15) is 4.79 Å². The molecule has 0 spiro atoms. The molecule has 0 bridgehead atoms. The molecule has 2 aliphatic rings. The van der Waals surface area contributed by atoms with Crippen LogP contribution in [-0.2, 0) is 4.79 Å². The van der Waals surface area contributed by atoms with E-state index in [0.29, 0.717) is 13.0 Å². The number of carbonyl (C=O) groups excluding carboxylic acids is 1. The summed E-state index contributed by atoms with van der Waals surface area (Å²) in [5.74, 6) is 1.16. The number of aromatic nitrogens is 1. The minimum absolute atomic E-state index is 0.226. The molecule has 2 aliphatic heterocycles. The Morgan fingerprint density at radius 3 is 2.42 bits per heavy atom. The zero-order valence-corrected chi connectivity index (χ0v) is 15.2. The Balaban J connectivity index is 1.49. The van der Waals surface area contributed by atoms with Crippen LogP contribution in [-0.4, -0.2) is 48.5 Å². The molecular weight excluding hydrogens is 324 g/mol. The number of hydrogen-bond donors (Lipinski definition) is 0. The van der Waals surface area contributed by atoms with Crippen molar-refractivity contribution >= 4 is 23.1 Å². The Hall–Kier alpha value is -2.40. The summed E-state index contributed by atoms with van der Waals surface area (Å²) in [4.78, 5) is 24.0. The monoisotopic (exact) mass is 350 g/mol. The maximum absolute atomic E-state index is 12.9. The molecule has 136 valence electrons. The first kappa shape index (κ1) is 17.0. The number of amides is 1. The quantitative estimate of drug-likeness (QED) is 0.847. The van der Waals surface area contributed by atoms with Gasteiger partial charge in [-0.15, -0.1) is 0 Å². The van der Waals surface area contributed by atoms with Gasteiger partial charge in [-0.2, -0.15) is 0 Å². The van der Waals surface area contributed by atoms with Gasteiger partial charge in [-0.25, -0.2) is 4.98 Å². The van der Waals surface area contributed by atoms with E-state index in [2.05, 4.69) is 20.9 Å². The molecule has 5 heteroatoms. The van der Waals surface area contributed by atoms with Crippen molar-refractivity contribution in [3.8, 4) is 0 Å². The van der Waals surface area contributed by atoms with Crippen molar-refractivity contribution in [2.75, 3.05) is 42.5 Å². The lowest BCUT2D eigenvalue weighted by Gasteiger charge is -2.37. The predicted octanol–water partition coefficient (Wildman–Crippen LogP) is 3.44. The van der Waals surface area contributed by atoms with Crippen LogP contribution in [0.4, 0.5) is 17.2 Å². The van der Waals surface area contributed by atoms with Gasteiger partial charge in [0.05, 0.1) is 11.4 Å². The van der Waals surface area contributed by atoms with Gasteiger partial charge in [0.15, 0.2) is 0 Å². The highest BCUT2D eigenvalue weighted by molar-refractivity contribution is 5.98. The molecule has 1 aromatic carbocycles. The third-order valence-corrected chi connectivity index (χ3v) is 5.33. The molecule has 1 aromatic heterocycles. The molecule has 2 aromatic rings. The van der Waals surface area contributed by atoms with E-state index in [1.54, 1.807) is 0 Å². The van der Waals surface area contributed by atoms with Crippen molar-refractivity contribution in [1.82, 2.24) is 9.88 Å². The number of likely N-dealkylation sites (tertiary alicyclic amines) is 1. The van der Waals surface area contributed by atoms with Crippen LogP contribution in [0.5, 0.6) is 0 Å². The lowest BCUT2D eigenvalue weighted by Crippen LogP contribution is -2.44. The topological polar surface area (TPSA) is 39.7 Å². The molecule has 1 saturated heterocycles. The first-order chi connectivity index (χ1) is 12.8. The molecule has 0 atom stereocenters. The highest BCUT2D eigenvalue weighted by Gasteiger charge is 2.27. The summed E-state index contributed by atoms with van der Waals surface area (Å²) in [6, 6.07) is 14.1. The Labute approximate surface area is 155 Å². The fourth-order valence-corrected chi connectivity index (χ4v) is 3.94. The molecule has 3 heterocycles. The fourth-order valence-electron chi connectivity index (χ4n) is 3.94. The second kappa shape index (κ2) is 7.87. The first-order valence-electron chi connectivity index (χ1n) is 9.63. The third-order valence-electron chi connectivity index (χ3n) is 5.33. The average Bonchev–Trinajstić information content (AvgIpc) is 2.72. The van der Waals surface area contributed by atoms with Crippen LogP contribution in [0.15, 0.2) is 48.7 Å². The van der Waals surface area contributed by atoms with E-state index in [-0.39, 0.29) is 5.91 Å². The Morgan fingerprint density at radius 1 is 0.885 bits per heavy atom. The van der Waals surface area contributed by atoms with Crippen LogP contribution in [0, 0.1) is 0 Å². The number of rotatable bonds is 4. The van der Waals surface area contributed by atoms with E-state index in [1.165, 1.54) is 19.3 Å². The minimum atomic E-state index is 0.226. The van der Waals surface area contributed by atoms with Gasteiger partial charge in [-0.3, -0.25) is 4.79 Å². The van der Waals surface area contributed by atoms with E-state index >= 15 is 0 Å². The smallest absolute Gasteiger partial charge is 0.228 e. The Kier molecular flexibility index (Phi) is 5.16. The summed E-state index contributed by atoms with van der Waals surface area (Å²) in [5.41, 5.74) is 2.05. The summed E-state index contributed by atoms with van der Waals surface area (Å²) < 4.78 is 0. The molecule has 0 aliphatic carbocycles. The summed E-state index contributed by atoms with van der Waals surface area (Å²) in [7, 11) is 0. The maximum Gasteiger partial charge on any atom is 0.228 e. The van der Waals surface area contributed by atoms with Crippen LogP contribution >= 0.6 is 0 Å². The molecular formula is C21H26N4O. The first-order valence-corrected chi connectivity index (χ1v) is 9.63. The molecule has 0 radical (unpaired) electrons. The molecule has 0 N–H and O–H groups in total. The van der Waals surface area contributed by atoms with Gasteiger partial charge in [0, 0.05) is 32.3 Å². The van der Waals surface area contributed by atoms with Crippen molar-refractivity contribution in [2.45, 2.75) is 25.7 Å². The SMILES string of the molecule is O=C(CCN1CCCCC1)N1CCN(c2ccccn2)c2ccccc21. The van der Waals surface area contributed by atoms with Gasteiger partial charge in [0.2, 0.25) is 5.91 Å². The Bertz CT molecular complexity index is 743. The highest BCUT2D eigenvalue weighted by Crippen LogP contribution is 2.36. The number of benzene rings is 1. The van der Waals surface area contributed by atoms with Gasteiger partial charge < -0.3 is 14.7 Å². The summed E-state index contributed by atoms with van der Waals surface area (Å²) >= 11 is 0. The molecule has 1 fully saturated rings. The standard InChI is InChI=1S/C21H26N4O/c26-21(11-15-23-13-6-1-7-14-23)25-17-16-24(20-10-4-5-12-22-20)18-8-2-3-9-19(18)25/h2-5,8-10,12H,1,6-7,11,13-17H2. The van der Waals surface area contributed by atoms with Crippen molar-refractivity contribution in [2.24, 2.45) is 0 Å². The van der Waals surface area contributed by atoms with Gasteiger partial charge in [-0.1, -0.05) is 24.6 Å².